The van der Waals surface area contributed by atoms with Crippen LogP contribution in [0.1, 0.15) is 49.8 Å². The van der Waals surface area contributed by atoms with Gasteiger partial charge in [0.25, 0.3) is 0 Å². The maximum absolute atomic E-state index is 11.0. The predicted molar refractivity (Wildman–Crippen MR) is 73.5 cm³/mol. The van der Waals surface area contributed by atoms with Crippen LogP contribution in [0.25, 0.3) is 0 Å². The molecule has 0 aromatic heterocycles. The molecule has 1 saturated heterocycles. The molecule has 0 unspecified atom stereocenters. The van der Waals surface area contributed by atoms with E-state index in [0.29, 0.717) is 5.92 Å². The van der Waals surface area contributed by atoms with Crippen LogP contribution in [0.15, 0.2) is 24.3 Å². The number of piperidine rings is 1. The molecule has 1 aliphatic rings. The van der Waals surface area contributed by atoms with E-state index in [0.717, 1.165) is 13.1 Å². The quantitative estimate of drug-likeness (QED) is 0.859. The van der Waals surface area contributed by atoms with Gasteiger partial charge in [0.1, 0.15) is 0 Å². The van der Waals surface area contributed by atoms with Crippen molar-refractivity contribution in [2.24, 2.45) is 0 Å². The van der Waals surface area contributed by atoms with E-state index in [4.69, 9.17) is 0 Å². The number of benzene rings is 1. The number of carbonyl (C=O) groups excluding carboxylic acids is 1. The normalized spacial score (nSPS) is 18.3. The number of nitrogens with one attached hydrogen (secondary N) is 2. The van der Waals surface area contributed by atoms with Crippen molar-refractivity contribution in [3.63, 3.8) is 0 Å². The highest BCUT2D eigenvalue weighted by Gasteiger charge is 2.15. The molecule has 0 bridgehead atoms. The second-order valence-corrected chi connectivity index (χ2v) is 5.11. The molecule has 1 amide bonds. The average molecular weight is 246 g/mol. The molecular formula is C15H22N2O. The van der Waals surface area contributed by atoms with Crippen LogP contribution in [0.4, 0.5) is 0 Å². The summed E-state index contributed by atoms with van der Waals surface area (Å²) in [7, 11) is 0. The molecule has 3 nitrogen and oxygen atoms in total. The van der Waals surface area contributed by atoms with Gasteiger partial charge in [-0.1, -0.05) is 24.3 Å². The highest BCUT2D eigenvalue weighted by molar-refractivity contribution is 5.73. The lowest BCUT2D eigenvalue weighted by molar-refractivity contribution is -0.119. The highest BCUT2D eigenvalue weighted by Crippen LogP contribution is 2.26. The third-order valence-electron chi connectivity index (χ3n) is 3.67. The lowest BCUT2D eigenvalue weighted by Gasteiger charge is -2.23. The molecule has 0 saturated carbocycles. The Balaban J connectivity index is 2.02. The molecule has 0 radical (unpaired) electrons. The van der Waals surface area contributed by atoms with Crippen molar-refractivity contribution in [3.05, 3.63) is 35.4 Å². The van der Waals surface area contributed by atoms with Crippen molar-refractivity contribution in [2.75, 3.05) is 13.1 Å². The van der Waals surface area contributed by atoms with Gasteiger partial charge in [0, 0.05) is 6.92 Å². The summed E-state index contributed by atoms with van der Waals surface area (Å²) < 4.78 is 0. The van der Waals surface area contributed by atoms with Crippen LogP contribution >= 0.6 is 0 Å². The summed E-state index contributed by atoms with van der Waals surface area (Å²) in [6.07, 6.45) is 2.45. The number of amides is 1. The van der Waals surface area contributed by atoms with Gasteiger partial charge in [-0.2, -0.15) is 0 Å². The van der Waals surface area contributed by atoms with Crippen molar-refractivity contribution >= 4 is 5.91 Å². The molecule has 1 heterocycles. The molecule has 1 aromatic carbocycles. The minimum absolute atomic E-state index is 0.0185. The molecule has 1 atom stereocenters. The van der Waals surface area contributed by atoms with Crippen LogP contribution in [0.3, 0.4) is 0 Å². The summed E-state index contributed by atoms with van der Waals surface area (Å²) in [5, 5.41) is 6.30. The first kappa shape index (κ1) is 13.1. The van der Waals surface area contributed by atoms with Crippen LogP contribution in [0.5, 0.6) is 0 Å². The van der Waals surface area contributed by atoms with Crippen molar-refractivity contribution in [3.8, 4) is 0 Å². The molecular weight excluding hydrogens is 224 g/mol. The molecule has 3 heteroatoms. The fourth-order valence-electron chi connectivity index (χ4n) is 2.60. The minimum Gasteiger partial charge on any atom is -0.350 e. The van der Waals surface area contributed by atoms with Gasteiger partial charge in [-0.3, -0.25) is 4.79 Å². The second kappa shape index (κ2) is 6.01. The van der Waals surface area contributed by atoms with Gasteiger partial charge >= 0.3 is 0 Å². The molecule has 0 spiro atoms. The first-order valence-corrected chi connectivity index (χ1v) is 6.74. The highest BCUT2D eigenvalue weighted by atomic mass is 16.1. The minimum atomic E-state index is 0.0185. The van der Waals surface area contributed by atoms with Gasteiger partial charge in [-0.15, -0.1) is 0 Å². The zero-order valence-corrected chi connectivity index (χ0v) is 11.2. The van der Waals surface area contributed by atoms with E-state index in [9.17, 15) is 4.79 Å². The summed E-state index contributed by atoms with van der Waals surface area (Å²) >= 11 is 0. The van der Waals surface area contributed by atoms with E-state index in [1.54, 1.807) is 6.92 Å². The smallest absolute Gasteiger partial charge is 0.217 e. The molecule has 1 fully saturated rings. The third kappa shape index (κ3) is 3.33. The van der Waals surface area contributed by atoms with Crippen molar-refractivity contribution in [2.45, 2.75) is 38.6 Å². The Hall–Kier alpha value is -1.35. The van der Waals surface area contributed by atoms with Crippen molar-refractivity contribution in [1.29, 1.82) is 0 Å². The van der Waals surface area contributed by atoms with Gasteiger partial charge in [0.2, 0.25) is 5.91 Å². The first-order chi connectivity index (χ1) is 8.66. The lowest BCUT2D eigenvalue weighted by atomic mass is 9.89. The van der Waals surface area contributed by atoms with Crippen LogP contribution in [0, 0.1) is 0 Å². The van der Waals surface area contributed by atoms with Gasteiger partial charge in [-0.05, 0) is 49.9 Å². The molecule has 18 heavy (non-hydrogen) atoms. The van der Waals surface area contributed by atoms with Crippen LogP contribution in [-0.2, 0) is 4.79 Å². The van der Waals surface area contributed by atoms with Gasteiger partial charge < -0.3 is 10.6 Å². The molecule has 1 aliphatic heterocycles. The maximum atomic E-state index is 11.0. The average Bonchev–Trinajstić information content (AvgIpc) is 2.39. The SMILES string of the molecule is CC(=O)N[C@H](C)c1ccc(C2CCNCC2)cc1. The fraction of sp³-hybridized carbons (Fsp3) is 0.533. The second-order valence-electron chi connectivity index (χ2n) is 5.11. The monoisotopic (exact) mass is 246 g/mol. The Morgan fingerprint density at radius 1 is 1.28 bits per heavy atom. The largest absolute Gasteiger partial charge is 0.350 e. The predicted octanol–water partition coefficient (Wildman–Crippen LogP) is 2.35. The summed E-state index contributed by atoms with van der Waals surface area (Å²) in [5.41, 5.74) is 2.60. The maximum Gasteiger partial charge on any atom is 0.217 e. The van der Waals surface area contributed by atoms with E-state index in [1.807, 2.05) is 6.92 Å². The Bertz CT molecular complexity index is 393. The van der Waals surface area contributed by atoms with E-state index >= 15 is 0 Å². The van der Waals surface area contributed by atoms with Crippen LogP contribution in [0.2, 0.25) is 0 Å². The Labute approximate surface area is 109 Å². The Morgan fingerprint density at radius 2 is 1.89 bits per heavy atom. The van der Waals surface area contributed by atoms with E-state index in [1.165, 1.54) is 24.0 Å². The molecule has 98 valence electrons. The first-order valence-electron chi connectivity index (χ1n) is 6.74. The molecule has 2 N–H and O–H groups in total. The number of hydrogen-bond donors (Lipinski definition) is 2. The van der Waals surface area contributed by atoms with Crippen LogP contribution in [-0.4, -0.2) is 19.0 Å². The molecule has 1 aromatic rings. The third-order valence-corrected chi connectivity index (χ3v) is 3.67. The molecule has 2 rings (SSSR count). The van der Waals surface area contributed by atoms with Crippen molar-refractivity contribution in [1.82, 2.24) is 10.6 Å². The summed E-state index contributed by atoms with van der Waals surface area (Å²) in [6.45, 7) is 5.81. The van der Waals surface area contributed by atoms with Crippen LogP contribution < -0.4 is 10.6 Å². The molecule has 0 aliphatic carbocycles. The number of rotatable bonds is 3. The summed E-state index contributed by atoms with van der Waals surface area (Å²) in [5.74, 6) is 0.710. The topological polar surface area (TPSA) is 41.1 Å². The van der Waals surface area contributed by atoms with Gasteiger partial charge in [0.05, 0.1) is 6.04 Å². The number of hydrogen-bond acceptors (Lipinski definition) is 2. The Morgan fingerprint density at radius 3 is 2.44 bits per heavy atom. The zero-order chi connectivity index (χ0) is 13.0. The van der Waals surface area contributed by atoms with Gasteiger partial charge in [0.15, 0.2) is 0 Å². The fourth-order valence-corrected chi connectivity index (χ4v) is 2.60. The van der Waals surface area contributed by atoms with E-state index in [-0.39, 0.29) is 11.9 Å². The van der Waals surface area contributed by atoms with E-state index in [2.05, 4.69) is 34.9 Å². The van der Waals surface area contributed by atoms with Gasteiger partial charge in [-0.25, -0.2) is 0 Å². The van der Waals surface area contributed by atoms with E-state index < -0.39 is 0 Å². The number of carbonyl (C=O) groups is 1. The summed E-state index contributed by atoms with van der Waals surface area (Å²) in [4.78, 5) is 11.0. The standard InChI is InChI=1S/C15H22N2O/c1-11(17-12(2)18)13-3-5-14(6-4-13)15-7-9-16-10-8-15/h3-6,11,15-16H,7-10H2,1-2H3,(H,17,18)/t11-/m1/s1. The zero-order valence-electron chi connectivity index (χ0n) is 11.2. The summed E-state index contributed by atoms with van der Waals surface area (Å²) in [6, 6.07) is 8.79. The Kier molecular flexibility index (Phi) is 4.37. The lowest BCUT2D eigenvalue weighted by Crippen LogP contribution is -2.26. The van der Waals surface area contributed by atoms with Crippen molar-refractivity contribution < 1.29 is 4.79 Å².